The predicted octanol–water partition coefficient (Wildman–Crippen LogP) is 22.7. The molecule has 13 heteroatoms. The summed E-state index contributed by atoms with van der Waals surface area (Å²) in [5.41, 5.74) is 8.09. The van der Waals surface area contributed by atoms with Gasteiger partial charge in [0.15, 0.2) is 11.6 Å². The summed E-state index contributed by atoms with van der Waals surface area (Å²) >= 11 is 9.36. The van der Waals surface area contributed by atoms with E-state index in [2.05, 4.69) is 120 Å². The average molecular weight is 1190 g/mol. The third-order valence-electron chi connectivity index (χ3n) is 16.5. The highest BCUT2D eigenvalue weighted by Crippen LogP contribution is 2.48. The Hall–Kier alpha value is -6.48. The molecule has 0 saturated heterocycles. The molecule has 0 aliphatic heterocycles. The molecule has 8 nitrogen and oxygen atoms in total. The lowest BCUT2D eigenvalue weighted by Gasteiger charge is -2.11. The lowest BCUT2D eigenvalue weighted by atomic mass is 10.1. The van der Waals surface area contributed by atoms with E-state index in [0.717, 1.165) is 92.2 Å². The molecule has 13 aromatic rings. The number of aromatic nitrogens is 8. The van der Waals surface area contributed by atoms with Crippen molar-refractivity contribution in [1.29, 1.82) is 0 Å². The quantitative estimate of drug-likeness (QED) is 0.0359. The zero-order valence-electron chi connectivity index (χ0n) is 47.9. The van der Waals surface area contributed by atoms with Gasteiger partial charge < -0.3 is 9.13 Å². The van der Waals surface area contributed by atoms with Crippen LogP contribution in [0.3, 0.4) is 0 Å². The second-order valence-corrected chi connectivity index (χ2v) is 27.8. The van der Waals surface area contributed by atoms with E-state index >= 15 is 0 Å². The molecule has 0 aliphatic carbocycles. The average Bonchev–Trinajstić information content (AvgIpc) is 2.43. The van der Waals surface area contributed by atoms with E-state index in [4.69, 9.17) is 29.9 Å². The SMILES string of the molecule is CCCCCCCCCCCCn1c(-c2ccc(-c3ccc(-c4ccc(-c5ccc(-c6ccc(-c7nc8c9cccnc9c9ncccc9c8n7CCCCCCCCCCCC)s6)s5)s4)s3)s2)nc2c3cccnc3c3ncccc3c21. The highest BCUT2D eigenvalue weighted by atomic mass is 32.1. The maximum atomic E-state index is 5.51. The molecule has 2 aromatic carbocycles. The highest BCUT2D eigenvalue weighted by Gasteiger charge is 2.24. The monoisotopic (exact) mass is 1180 g/mol. The van der Waals surface area contributed by atoms with Gasteiger partial charge in [0, 0.05) is 98.4 Å². The molecule has 0 fully saturated rings. The van der Waals surface area contributed by atoms with Crippen LogP contribution >= 0.6 is 56.7 Å². The first-order valence-corrected chi connectivity index (χ1v) is 34.8. The molecule has 13 rings (SSSR count). The summed E-state index contributed by atoms with van der Waals surface area (Å²) in [4.78, 5) is 43.2. The Bertz CT molecular complexity index is 4040. The van der Waals surface area contributed by atoms with Gasteiger partial charge in [0.25, 0.3) is 0 Å². The van der Waals surface area contributed by atoms with Crippen LogP contribution in [-0.2, 0) is 13.1 Å². The summed E-state index contributed by atoms with van der Waals surface area (Å²) in [6.45, 7) is 6.43. The number of unbranched alkanes of at least 4 members (excludes halogenated alkanes) is 18. The number of hydrogen-bond acceptors (Lipinski definition) is 11. The first-order valence-electron chi connectivity index (χ1n) is 30.7. The molecule has 0 aliphatic rings. The fourth-order valence-electron chi connectivity index (χ4n) is 12.3. The van der Waals surface area contributed by atoms with Gasteiger partial charge in [0.1, 0.15) is 0 Å². The van der Waals surface area contributed by atoms with E-state index < -0.39 is 0 Å². The van der Waals surface area contributed by atoms with Crippen molar-refractivity contribution < 1.29 is 0 Å². The summed E-state index contributed by atoms with van der Waals surface area (Å²) in [6.07, 6.45) is 33.7. The molecule has 0 atom stereocenters. The summed E-state index contributed by atoms with van der Waals surface area (Å²) in [5, 5.41) is 4.37. The van der Waals surface area contributed by atoms with E-state index in [-0.39, 0.29) is 0 Å². The maximum absolute atomic E-state index is 5.51. The Morgan fingerprint density at radius 3 is 0.843 bits per heavy atom. The minimum absolute atomic E-state index is 0.916. The van der Waals surface area contributed by atoms with Crippen molar-refractivity contribution in [2.75, 3.05) is 0 Å². The number of aryl methyl sites for hydroxylation is 2. The molecular weight excluding hydrogens is 1110 g/mol. The lowest BCUT2D eigenvalue weighted by molar-refractivity contribution is 0.539. The first-order chi connectivity index (χ1) is 41.1. The molecule has 422 valence electrons. The van der Waals surface area contributed by atoms with Crippen LogP contribution in [0.25, 0.3) is 126 Å². The van der Waals surface area contributed by atoms with Gasteiger partial charge in [-0.1, -0.05) is 129 Å². The fourth-order valence-corrected chi connectivity index (χ4v) is 17.7. The molecule has 11 heterocycles. The number of thiophene rings is 5. The lowest BCUT2D eigenvalue weighted by Crippen LogP contribution is -2.01. The van der Waals surface area contributed by atoms with Crippen LogP contribution < -0.4 is 0 Å². The number of rotatable bonds is 28. The second kappa shape index (κ2) is 26.2. The van der Waals surface area contributed by atoms with Crippen molar-refractivity contribution in [2.24, 2.45) is 0 Å². The smallest absolute Gasteiger partial charge is 0.151 e. The number of pyridine rings is 4. The van der Waals surface area contributed by atoms with E-state index in [1.165, 1.54) is 175 Å². The number of benzene rings is 2. The first kappa shape index (κ1) is 55.7. The third kappa shape index (κ3) is 11.7. The fraction of sp³-hybridized carbons (Fsp3) is 0.343. The van der Waals surface area contributed by atoms with Gasteiger partial charge in [0.2, 0.25) is 0 Å². The van der Waals surface area contributed by atoms with Gasteiger partial charge >= 0.3 is 0 Å². The van der Waals surface area contributed by atoms with Gasteiger partial charge in [-0.05, 0) is 122 Å². The van der Waals surface area contributed by atoms with Crippen LogP contribution in [0.2, 0.25) is 0 Å². The van der Waals surface area contributed by atoms with Crippen molar-refractivity contribution in [3.63, 3.8) is 0 Å². The highest BCUT2D eigenvalue weighted by molar-refractivity contribution is 7.30. The minimum atomic E-state index is 0.916. The van der Waals surface area contributed by atoms with Gasteiger partial charge in [0.05, 0.1) is 53.9 Å². The van der Waals surface area contributed by atoms with Crippen LogP contribution in [0.15, 0.2) is 134 Å². The molecular formula is C70H72N8S5. The van der Waals surface area contributed by atoms with Gasteiger partial charge in [-0.3, -0.25) is 19.9 Å². The van der Waals surface area contributed by atoms with Crippen LogP contribution in [0.4, 0.5) is 0 Å². The van der Waals surface area contributed by atoms with Crippen LogP contribution in [0.1, 0.15) is 142 Å². The van der Waals surface area contributed by atoms with Gasteiger partial charge in [-0.2, -0.15) is 0 Å². The van der Waals surface area contributed by atoms with Crippen molar-refractivity contribution in [3.8, 4) is 60.4 Å². The van der Waals surface area contributed by atoms with Crippen LogP contribution in [0, 0.1) is 0 Å². The Labute approximate surface area is 507 Å². The standard InChI is InChI=1S/C70H72N8S5/c1-3-5-7-9-11-13-15-17-19-21-45-77-67-49-29-25-43-73-63(49)61-47(27-23-41-71-61)65(67)75-69(77)59-39-37-57(82-59)55-35-33-53(80-55)51-31-32-52(79-51)54-34-36-56(81-54)58-38-40-60(83-58)70-76-66-48-28-24-42-72-62(48)64-50(30-26-44-74-64)68(66)78(70)46-22-20-18-16-14-12-10-8-6-4-2/h23-44H,3-22,45-46H2,1-2H3. The number of hydrogen-bond donors (Lipinski definition) is 0. The zero-order valence-corrected chi connectivity index (χ0v) is 52.0. The van der Waals surface area contributed by atoms with Crippen molar-refractivity contribution in [2.45, 2.75) is 155 Å². The maximum Gasteiger partial charge on any atom is 0.151 e. The van der Waals surface area contributed by atoms with Gasteiger partial charge in [-0.25, -0.2) is 9.97 Å². The normalized spacial score (nSPS) is 12.1. The molecule has 0 unspecified atom stereocenters. The number of fused-ring (bicyclic) bond motifs is 12. The molecule has 0 radical (unpaired) electrons. The molecule has 0 saturated carbocycles. The number of imidazole rings is 2. The molecule has 0 amide bonds. The molecule has 83 heavy (non-hydrogen) atoms. The number of nitrogens with zero attached hydrogens (tertiary/aromatic N) is 8. The zero-order chi connectivity index (χ0) is 55.9. The summed E-state index contributed by atoms with van der Waals surface area (Å²) < 4.78 is 5.01. The van der Waals surface area contributed by atoms with Crippen LogP contribution in [0.5, 0.6) is 0 Å². The molecule has 0 N–H and O–H groups in total. The molecule has 0 bridgehead atoms. The van der Waals surface area contributed by atoms with Crippen molar-refractivity contribution >= 4 is 122 Å². The van der Waals surface area contributed by atoms with Gasteiger partial charge in [-0.15, -0.1) is 56.7 Å². The molecule has 11 aromatic heterocycles. The largest absolute Gasteiger partial charge is 0.323 e. The Balaban J connectivity index is 0.729. The Morgan fingerprint density at radius 2 is 0.530 bits per heavy atom. The third-order valence-corrected chi connectivity index (χ3v) is 22.7. The van der Waals surface area contributed by atoms with Crippen molar-refractivity contribution in [3.05, 3.63) is 134 Å². The van der Waals surface area contributed by atoms with E-state index in [1.54, 1.807) is 0 Å². The van der Waals surface area contributed by atoms with E-state index in [1.807, 2.05) is 93.6 Å². The predicted molar refractivity (Wildman–Crippen MR) is 360 cm³/mol. The van der Waals surface area contributed by atoms with E-state index in [9.17, 15) is 0 Å². The second-order valence-electron chi connectivity index (χ2n) is 22.4. The Kier molecular flexibility index (Phi) is 17.6. The summed E-state index contributed by atoms with van der Waals surface area (Å²) in [6, 6.07) is 39.9. The van der Waals surface area contributed by atoms with E-state index in [0.29, 0.717) is 0 Å². The molecule has 0 spiro atoms. The summed E-state index contributed by atoms with van der Waals surface area (Å²) in [7, 11) is 0. The van der Waals surface area contributed by atoms with Crippen LogP contribution in [-0.4, -0.2) is 39.0 Å². The Morgan fingerprint density at radius 1 is 0.277 bits per heavy atom. The van der Waals surface area contributed by atoms with Crippen molar-refractivity contribution in [1.82, 2.24) is 39.0 Å². The minimum Gasteiger partial charge on any atom is -0.323 e. The summed E-state index contributed by atoms with van der Waals surface area (Å²) in [5.74, 6) is 2.08. The topological polar surface area (TPSA) is 87.2 Å².